The maximum atomic E-state index is 12.0. The molecule has 0 bridgehead atoms. The van der Waals surface area contributed by atoms with E-state index in [0.717, 1.165) is 10.0 Å². The second-order valence-electron chi connectivity index (χ2n) is 4.06. The zero-order valence-corrected chi connectivity index (χ0v) is 11.5. The summed E-state index contributed by atoms with van der Waals surface area (Å²) in [6.07, 6.45) is 0. The molecule has 0 fully saturated rings. The summed E-state index contributed by atoms with van der Waals surface area (Å²) in [5, 5.41) is 2.81. The smallest absolute Gasteiger partial charge is 0.255 e. The summed E-state index contributed by atoms with van der Waals surface area (Å²) in [5.41, 5.74) is 8.66. The van der Waals surface area contributed by atoms with E-state index in [-0.39, 0.29) is 5.91 Å². The quantitative estimate of drug-likeness (QED) is 0.833. The fourth-order valence-electron chi connectivity index (χ4n) is 1.60. The molecule has 0 radical (unpaired) electrons. The van der Waals surface area contributed by atoms with Gasteiger partial charge in [0.1, 0.15) is 0 Å². The first-order valence-corrected chi connectivity index (χ1v) is 6.28. The zero-order valence-electron chi connectivity index (χ0n) is 9.91. The van der Waals surface area contributed by atoms with Crippen molar-refractivity contribution >= 4 is 33.2 Å². The number of hydrogen-bond donors (Lipinski definition) is 2. The van der Waals surface area contributed by atoms with Gasteiger partial charge in [0.2, 0.25) is 0 Å². The Kier molecular flexibility index (Phi) is 3.67. The van der Waals surface area contributed by atoms with Crippen LogP contribution in [0.2, 0.25) is 0 Å². The normalized spacial score (nSPS) is 10.1. The topological polar surface area (TPSA) is 55.1 Å². The lowest BCUT2D eigenvalue weighted by Crippen LogP contribution is -2.13. The van der Waals surface area contributed by atoms with Crippen molar-refractivity contribution in [3.05, 3.63) is 58.1 Å². The summed E-state index contributed by atoms with van der Waals surface area (Å²) in [6.45, 7) is 1.95. The molecule has 0 aliphatic carbocycles. The van der Waals surface area contributed by atoms with E-state index < -0.39 is 0 Å². The third kappa shape index (κ3) is 2.90. The number of benzene rings is 2. The van der Waals surface area contributed by atoms with Crippen molar-refractivity contribution in [2.45, 2.75) is 6.92 Å². The van der Waals surface area contributed by atoms with Crippen LogP contribution in [0.25, 0.3) is 0 Å². The van der Waals surface area contributed by atoms with E-state index in [9.17, 15) is 4.79 Å². The molecule has 0 heterocycles. The van der Waals surface area contributed by atoms with Gasteiger partial charge in [-0.05, 0) is 42.8 Å². The summed E-state index contributed by atoms with van der Waals surface area (Å²) in [4.78, 5) is 12.0. The average molecular weight is 305 g/mol. The van der Waals surface area contributed by atoms with Crippen LogP contribution in [0.4, 0.5) is 11.4 Å². The first-order chi connectivity index (χ1) is 8.56. The highest BCUT2D eigenvalue weighted by Crippen LogP contribution is 2.21. The molecule has 2 aromatic rings. The first-order valence-electron chi connectivity index (χ1n) is 5.49. The number of nitrogen functional groups attached to an aromatic ring is 1. The summed E-state index contributed by atoms with van der Waals surface area (Å²) in [7, 11) is 0. The minimum Gasteiger partial charge on any atom is -0.397 e. The van der Waals surface area contributed by atoms with E-state index >= 15 is 0 Å². The fourth-order valence-corrected chi connectivity index (χ4v) is 2.00. The maximum Gasteiger partial charge on any atom is 0.255 e. The van der Waals surface area contributed by atoms with Crippen LogP contribution >= 0.6 is 15.9 Å². The van der Waals surface area contributed by atoms with Gasteiger partial charge in [0.15, 0.2) is 0 Å². The maximum absolute atomic E-state index is 12.0. The molecular formula is C14H13BrN2O. The van der Waals surface area contributed by atoms with Crippen molar-refractivity contribution in [2.75, 3.05) is 11.1 Å². The first kappa shape index (κ1) is 12.6. The molecule has 0 spiro atoms. The number of amides is 1. The molecular weight excluding hydrogens is 292 g/mol. The van der Waals surface area contributed by atoms with Gasteiger partial charge in [-0.3, -0.25) is 4.79 Å². The number of carbonyl (C=O) groups excluding carboxylic acids is 1. The highest BCUT2D eigenvalue weighted by molar-refractivity contribution is 9.10. The van der Waals surface area contributed by atoms with Gasteiger partial charge in [-0.25, -0.2) is 0 Å². The highest BCUT2D eigenvalue weighted by Gasteiger charge is 2.08. The SMILES string of the molecule is Cc1ccc(N)c(NC(=O)c2cccc(Br)c2)c1. The van der Waals surface area contributed by atoms with Crippen LogP contribution in [0, 0.1) is 6.92 Å². The Morgan fingerprint density at radius 2 is 2.00 bits per heavy atom. The van der Waals surface area contributed by atoms with Crippen LogP contribution in [0.1, 0.15) is 15.9 Å². The summed E-state index contributed by atoms with van der Waals surface area (Å²) in [6, 6.07) is 12.8. The molecule has 0 aliphatic rings. The van der Waals surface area contributed by atoms with Crippen LogP contribution in [-0.4, -0.2) is 5.91 Å². The average Bonchev–Trinajstić information content (AvgIpc) is 2.34. The van der Waals surface area contributed by atoms with Crippen LogP contribution in [0.15, 0.2) is 46.9 Å². The van der Waals surface area contributed by atoms with Crippen LogP contribution in [0.5, 0.6) is 0 Å². The van der Waals surface area contributed by atoms with E-state index in [2.05, 4.69) is 21.2 Å². The molecule has 1 amide bonds. The van der Waals surface area contributed by atoms with Gasteiger partial charge in [0, 0.05) is 10.0 Å². The van der Waals surface area contributed by atoms with Gasteiger partial charge in [0.05, 0.1) is 11.4 Å². The molecule has 0 atom stereocenters. The second kappa shape index (κ2) is 5.23. The Balaban J connectivity index is 2.24. The van der Waals surface area contributed by atoms with Gasteiger partial charge in [0.25, 0.3) is 5.91 Å². The second-order valence-corrected chi connectivity index (χ2v) is 4.97. The van der Waals surface area contributed by atoms with E-state index in [1.165, 1.54) is 0 Å². The largest absolute Gasteiger partial charge is 0.397 e. The van der Waals surface area contributed by atoms with Gasteiger partial charge >= 0.3 is 0 Å². The van der Waals surface area contributed by atoms with E-state index in [0.29, 0.717) is 16.9 Å². The molecule has 92 valence electrons. The lowest BCUT2D eigenvalue weighted by molar-refractivity contribution is 0.102. The Morgan fingerprint density at radius 3 is 2.72 bits per heavy atom. The van der Waals surface area contributed by atoms with Crippen molar-refractivity contribution in [3.63, 3.8) is 0 Å². The number of halogens is 1. The minimum absolute atomic E-state index is 0.173. The molecule has 0 aromatic heterocycles. The standard InChI is InChI=1S/C14H13BrN2O/c1-9-5-6-12(16)13(7-9)17-14(18)10-3-2-4-11(15)8-10/h2-8H,16H2,1H3,(H,17,18). The summed E-state index contributed by atoms with van der Waals surface area (Å²) < 4.78 is 0.868. The molecule has 0 unspecified atom stereocenters. The lowest BCUT2D eigenvalue weighted by Gasteiger charge is -2.09. The van der Waals surface area contributed by atoms with Gasteiger partial charge in [-0.2, -0.15) is 0 Å². The highest BCUT2D eigenvalue weighted by atomic mass is 79.9. The lowest BCUT2D eigenvalue weighted by atomic mass is 10.1. The summed E-state index contributed by atoms with van der Waals surface area (Å²) in [5.74, 6) is -0.173. The Bertz CT molecular complexity index is 596. The van der Waals surface area contributed by atoms with Gasteiger partial charge in [-0.15, -0.1) is 0 Å². The molecule has 0 saturated carbocycles. The number of hydrogen-bond acceptors (Lipinski definition) is 2. The molecule has 18 heavy (non-hydrogen) atoms. The van der Waals surface area contributed by atoms with Gasteiger partial charge in [-0.1, -0.05) is 28.1 Å². The predicted molar refractivity (Wildman–Crippen MR) is 77.7 cm³/mol. The number of nitrogens with two attached hydrogens (primary N) is 1. The third-order valence-corrected chi connectivity index (χ3v) is 3.04. The van der Waals surface area contributed by atoms with Crippen molar-refractivity contribution in [3.8, 4) is 0 Å². The zero-order chi connectivity index (χ0) is 13.1. The molecule has 0 aliphatic heterocycles. The fraction of sp³-hybridized carbons (Fsp3) is 0.0714. The van der Waals surface area contributed by atoms with E-state index in [4.69, 9.17) is 5.73 Å². The van der Waals surface area contributed by atoms with Crippen LogP contribution in [0.3, 0.4) is 0 Å². The minimum atomic E-state index is -0.173. The predicted octanol–water partition coefficient (Wildman–Crippen LogP) is 3.59. The Labute approximate surface area is 114 Å². The van der Waals surface area contributed by atoms with Crippen LogP contribution in [-0.2, 0) is 0 Å². The molecule has 2 aromatic carbocycles. The van der Waals surface area contributed by atoms with Crippen molar-refractivity contribution in [2.24, 2.45) is 0 Å². The molecule has 3 N–H and O–H groups in total. The Morgan fingerprint density at radius 1 is 1.22 bits per heavy atom. The number of anilines is 2. The van der Waals surface area contributed by atoms with Crippen molar-refractivity contribution in [1.82, 2.24) is 0 Å². The van der Waals surface area contributed by atoms with E-state index in [1.807, 2.05) is 31.2 Å². The van der Waals surface area contributed by atoms with E-state index in [1.54, 1.807) is 18.2 Å². The number of nitrogens with one attached hydrogen (secondary N) is 1. The Hall–Kier alpha value is -1.81. The number of carbonyl (C=O) groups is 1. The molecule has 0 saturated heterocycles. The third-order valence-electron chi connectivity index (χ3n) is 2.54. The van der Waals surface area contributed by atoms with Crippen molar-refractivity contribution in [1.29, 1.82) is 0 Å². The molecule has 2 rings (SSSR count). The van der Waals surface area contributed by atoms with Crippen molar-refractivity contribution < 1.29 is 4.79 Å². The molecule has 3 nitrogen and oxygen atoms in total. The monoisotopic (exact) mass is 304 g/mol. The van der Waals surface area contributed by atoms with Crippen LogP contribution < -0.4 is 11.1 Å². The number of rotatable bonds is 2. The van der Waals surface area contributed by atoms with Gasteiger partial charge < -0.3 is 11.1 Å². The molecule has 4 heteroatoms. The summed E-state index contributed by atoms with van der Waals surface area (Å²) >= 11 is 3.34. The number of aryl methyl sites for hydroxylation is 1.